The molecule has 0 unspecified atom stereocenters. The molecule has 0 radical (unpaired) electrons. The van der Waals surface area contributed by atoms with Crippen molar-refractivity contribution < 1.29 is 4.92 Å². The molecule has 0 amide bonds. The summed E-state index contributed by atoms with van der Waals surface area (Å²) in [7, 11) is 1.89. The number of anilines is 1. The summed E-state index contributed by atoms with van der Waals surface area (Å²) in [4.78, 5) is 14.1. The molecule has 1 N–H and O–H groups in total. The maximum atomic E-state index is 10.6. The van der Waals surface area contributed by atoms with E-state index in [0.29, 0.717) is 17.3 Å². The number of nitro benzene ring substituents is 1. The summed E-state index contributed by atoms with van der Waals surface area (Å²) in [6.07, 6.45) is 3.45. The van der Waals surface area contributed by atoms with Gasteiger partial charge in [-0.1, -0.05) is 11.6 Å². The van der Waals surface area contributed by atoms with Crippen LogP contribution in [-0.2, 0) is 13.6 Å². The van der Waals surface area contributed by atoms with Crippen molar-refractivity contribution in [1.82, 2.24) is 9.55 Å². The molecular formula is C11H11ClN4O2. The van der Waals surface area contributed by atoms with Crippen LogP contribution in [0.3, 0.4) is 0 Å². The standard InChI is InChI=1S/C11H11ClN4O2/c1-15-7-13-5-9(15)6-14-11-3-2-8(16(17)18)4-10(11)12/h2-5,7,14H,6H2,1H3. The number of nitrogens with one attached hydrogen (secondary N) is 1. The summed E-state index contributed by atoms with van der Waals surface area (Å²) >= 11 is 5.96. The molecule has 0 fully saturated rings. The summed E-state index contributed by atoms with van der Waals surface area (Å²) < 4.78 is 1.88. The molecule has 7 heteroatoms. The Morgan fingerprint density at radius 3 is 2.89 bits per heavy atom. The Kier molecular flexibility index (Phi) is 3.47. The van der Waals surface area contributed by atoms with Crippen LogP contribution in [-0.4, -0.2) is 14.5 Å². The van der Waals surface area contributed by atoms with Crippen molar-refractivity contribution in [2.75, 3.05) is 5.32 Å². The van der Waals surface area contributed by atoms with Gasteiger partial charge in [-0.15, -0.1) is 0 Å². The van der Waals surface area contributed by atoms with Crippen molar-refractivity contribution in [1.29, 1.82) is 0 Å². The Hall–Kier alpha value is -2.08. The molecule has 0 bridgehead atoms. The Bertz CT molecular complexity index is 582. The fraction of sp³-hybridized carbons (Fsp3) is 0.182. The fourth-order valence-electron chi connectivity index (χ4n) is 1.50. The van der Waals surface area contributed by atoms with Gasteiger partial charge in [0.1, 0.15) is 0 Å². The van der Waals surface area contributed by atoms with Crippen molar-refractivity contribution in [3.05, 3.63) is 51.6 Å². The summed E-state index contributed by atoms with van der Waals surface area (Å²) in [6, 6.07) is 4.33. The fourth-order valence-corrected chi connectivity index (χ4v) is 1.74. The van der Waals surface area contributed by atoms with Crippen LogP contribution in [0.15, 0.2) is 30.7 Å². The van der Waals surface area contributed by atoms with Gasteiger partial charge in [0.2, 0.25) is 0 Å². The molecule has 1 aromatic carbocycles. The van der Waals surface area contributed by atoms with Gasteiger partial charge < -0.3 is 9.88 Å². The van der Waals surface area contributed by atoms with Crippen LogP contribution in [0.25, 0.3) is 0 Å². The largest absolute Gasteiger partial charge is 0.378 e. The minimum absolute atomic E-state index is 0.0221. The number of imidazole rings is 1. The van der Waals surface area contributed by atoms with Gasteiger partial charge in [0.15, 0.2) is 0 Å². The van der Waals surface area contributed by atoms with E-state index in [0.717, 1.165) is 5.69 Å². The molecule has 0 spiro atoms. The molecule has 1 aromatic heterocycles. The van der Waals surface area contributed by atoms with Crippen LogP contribution in [0.4, 0.5) is 11.4 Å². The van der Waals surface area contributed by atoms with E-state index in [1.54, 1.807) is 18.6 Å². The number of rotatable bonds is 4. The van der Waals surface area contributed by atoms with Crippen LogP contribution in [0.1, 0.15) is 5.69 Å². The third kappa shape index (κ3) is 2.60. The van der Waals surface area contributed by atoms with E-state index in [9.17, 15) is 10.1 Å². The molecule has 0 saturated carbocycles. The maximum Gasteiger partial charge on any atom is 0.271 e. The number of halogens is 1. The highest BCUT2D eigenvalue weighted by atomic mass is 35.5. The minimum atomic E-state index is -0.475. The number of non-ortho nitro benzene ring substituents is 1. The molecule has 0 atom stereocenters. The van der Waals surface area contributed by atoms with Gasteiger partial charge in [0, 0.05) is 25.4 Å². The lowest BCUT2D eigenvalue weighted by Crippen LogP contribution is -2.04. The highest BCUT2D eigenvalue weighted by Crippen LogP contribution is 2.26. The average molecular weight is 267 g/mol. The lowest BCUT2D eigenvalue weighted by atomic mass is 10.2. The predicted octanol–water partition coefficient (Wildman–Crippen LogP) is 2.59. The van der Waals surface area contributed by atoms with Crippen LogP contribution in [0, 0.1) is 10.1 Å². The van der Waals surface area contributed by atoms with Crippen LogP contribution >= 0.6 is 11.6 Å². The Balaban J connectivity index is 2.11. The minimum Gasteiger partial charge on any atom is -0.378 e. The zero-order valence-electron chi connectivity index (χ0n) is 9.63. The zero-order chi connectivity index (χ0) is 13.1. The van der Waals surface area contributed by atoms with Gasteiger partial charge in [-0.3, -0.25) is 10.1 Å². The van der Waals surface area contributed by atoms with Crippen LogP contribution in [0.5, 0.6) is 0 Å². The lowest BCUT2D eigenvalue weighted by molar-refractivity contribution is -0.384. The first-order valence-electron chi connectivity index (χ1n) is 5.21. The maximum absolute atomic E-state index is 10.6. The van der Waals surface area contributed by atoms with Gasteiger partial charge in [-0.25, -0.2) is 4.98 Å². The second-order valence-corrected chi connectivity index (χ2v) is 4.18. The first-order valence-corrected chi connectivity index (χ1v) is 5.58. The van der Waals surface area contributed by atoms with Crippen molar-refractivity contribution in [2.45, 2.75) is 6.54 Å². The summed E-state index contributed by atoms with van der Waals surface area (Å²) in [5.41, 5.74) is 1.62. The van der Waals surface area contributed by atoms with Gasteiger partial charge in [-0.05, 0) is 6.07 Å². The summed E-state index contributed by atoms with van der Waals surface area (Å²) in [5.74, 6) is 0. The highest BCUT2D eigenvalue weighted by molar-refractivity contribution is 6.33. The van der Waals surface area contributed by atoms with Crippen LogP contribution in [0.2, 0.25) is 5.02 Å². The number of aromatic nitrogens is 2. The number of nitro groups is 1. The van der Waals surface area contributed by atoms with E-state index in [-0.39, 0.29) is 5.69 Å². The molecule has 2 rings (SSSR count). The third-order valence-electron chi connectivity index (χ3n) is 2.54. The molecule has 0 aliphatic heterocycles. The third-order valence-corrected chi connectivity index (χ3v) is 2.85. The summed E-state index contributed by atoms with van der Waals surface area (Å²) in [6.45, 7) is 0.550. The molecule has 0 aliphatic carbocycles. The molecular weight excluding hydrogens is 256 g/mol. The molecule has 2 aromatic rings. The lowest BCUT2D eigenvalue weighted by Gasteiger charge is -2.08. The van der Waals surface area contributed by atoms with Gasteiger partial charge >= 0.3 is 0 Å². The van der Waals surface area contributed by atoms with Crippen LogP contribution < -0.4 is 5.32 Å². The average Bonchev–Trinajstić information content (AvgIpc) is 2.73. The quantitative estimate of drug-likeness (QED) is 0.682. The zero-order valence-corrected chi connectivity index (χ0v) is 10.4. The number of nitrogens with zero attached hydrogens (tertiary/aromatic N) is 3. The normalized spacial score (nSPS) is 10.3. The SMILES string of the molecule is Cn1cncc1CNc1ccc([N+](=O)[O-])cc1Cl. The van der Waals surface area contributed by atoms with E-state index >= 15 is 0 Å². The van der Waals surface area contributed by atoms with Crippen molar-refractivity contribution in [3.63, 3.8) is 0 Å². The predicted molar refractivity (Wildman–Crippen MR) is 68.6 cm³/mol. The van der Waals surface area contributed by atoms with E-state index in [4.69, 9.17) is 11.6 Å². The van der Waals surface area contributed by atoms with Crippen molar-refractivity contribution in [3.8, 4) is 0 Å². The highest BCUT2D eigenvalue weighted by Gasteiger charge is 2.09. The number of benzene rings is 1. The topological polar surface area (TPSA) is 73.0 Å². The number of aryl methyl sites for hydroxylation is 1. The smallest absolute Gasteiger partial charge is 0.271 e. The van der Waals surface area contributed by atoms with E-state index < -0.39 is 4.92 Å². The molecule has 6 nitrogen and oxygen atoms in total. The van der Waals surface area contributed by atoms with Gasteiger partial charge in [0.25, 0.3) is 5.69 Å². The summed E-state index contributed by atoms with van der Waals surface area (Å²) in [5, 5.41) is 14.0. The first kappa shape index (κ1) is 12.4. The molecule has 94 valence electrons. The van der Waals surface area contributed by atoms with Gasteiger partial charge in [-0.2, -0.15) is 0 Å². The van der Waals surface area contributed by atoms with E-state index in [1.807, 2.05) is 11.6 Å². The van der Waals surface area contributed by atoms with E-state index in [2.05, 4.69) is 10.3 Å². The Morgan fingerprint density at radius 2 is 2.33 bits per heavy atom. The second kappa shape index (κ2) is 5.05. The number of hydrogen-bond donors (Lipinski definition) is 1. The second-order valence-electron chi connectivity index (χ2n) is 3.77. The number of hydrogen-bond acceptors (Lipinski definition) is 4. The van der Waals surface area contributed by atoms with Crippen molar-refractivity contribution >= 4 is 23.0 Å². The Labute approximate surface area is 108 Å². The van der Waals surface area contributed by atoms with E-state index in [1.165, 1.54) is 12.1 Å². The van der Waals surface area contributed by atoms with Gasteiger partial charge in [0.05, 0.1) is 34.2 Å². The molecule has 0 saturated heterocycles. The molecule has 0 aliphatic rings. The molecule has 1 heterocycles. The van der Waals surface area contributed by atoms with Crippen molar-refractivity contribution in [2.24, 2.45) is 7.05 Å². The Morgan fingerprint density at radius 1 is 1.56 bits per heavy atom. The molecule has 18 heavy (non-hydrogen) atoms. The first-order chi connectivity index (χ1) is 8.58. The monoisotopic (exact) mass is 266 g/mol.